The Hall–Kier alpha value is -2.39. The molecular weight excluding hydrogens is 596 g/mol. The van der Waals surface area contributed by atoms with E-state index >= 15 is 0 Å². The number of nitrogens with zero attached hydrogens (tertiary/aromatic N) is 1. The molecule has 2 aromatic rings. The molecule has 2 aliphatic carbocycles. The van der Waals surface area contributed by atoms with Crippen molar-refractivity contribution >= 4 is 34.2 Å². The Labute approximate surface area is 269 Å². The first-order valence-electron chi connectivity index (χ1n) is 16.0. The molecule has 1 fully saturated rings. The lowest BCUT2D eigenvalue weighted by Crippen LogP contribution is -2.49. The van der Waals surface area contributed by atoms with Gasteiger partial charge in [0.25, 0.3) is 5.91 Å². The van der Waals surface area contributed by atoms with Crippen molar-refractivity contribution in [3.05, 3.63) is 70.3 Å². The van der Waals surface area contributed by atoms with E-state index in [0.29, 0.717) is 24.0 Å². The molecule has 6 rings (SSSR count). The Kier molecular flexibility index (Phi) is 10.8. The first-order chi connectivity index (χ1) is 21.2. The summed E-state index contributed by atoms with van der Waals surface area (Å²) in [4.78, 5) is 15.8. The number of carbonyl (C=O) groups excluding carboxylic acids is 1. The monoisotopic (exact) mass is 642 g/mol. The van der Waals surface area contributed by atoms with Crippen LogP contribution >= 0.6 is 11.6 Å². The summed E-state index contributed by atoms with van der Waals surface area (Å²) in [5.41, 5.74) is 3.90. The van der Waals surface area contributed by atoms with E-state index < -0.39 is 11.0 Å². The van der Waals surface area contributed by atoms with Crippen LogP contribution in [-0.2, 0) is 27.6 Å². The molecule has 2 aromatic carbocycles. The number of halogens is 1. The number of aliphatic hydroxyl groups is 1. The van der Waals surface area contributed by atoms with Crippen molar-refractivity contribution in [1.82, 2.24) is 4.72 Å². The first kappa shape index (κ1) is 33.0. The van der Waals surface area contributed by atoms with E-state index in [2.05, 4.69) is 40.8 Å². The van der Waals surface area contributed by atoms with Crippen molar-refractivity contribution in [2.45, 2.75) is 76.1 Å². The minimum atomic E-state index is -1.50. The number of hydrogen-bond donors (Lipinski definition) is 2. The van der Waals surface area contributed by atoms with Crippen LogP contribution in [0.25, 0.3) is 0 Å². The number of rotatable bonds is 1. The number of aryl methyl sites for hydroxylation is 1. The molecule has 2 heterocycles. The average Bonchev–Trinajstić information content (AvgIpc) is 3.14. The molecule has 0 radical (unpaired) electrons. The molecule has 4 aliphatic rings. The normalized spacial score (nSPS) is 32.4. The zero-order valence-corrected chi connectivity index (χ0v) is 28.0. The summed E-state index contributed by atoms with van der Waals surface area (Å²) in [5, 5.41) is 8.16. The number of carbonyl (C=O) groups is 1. The third-order valence-corrected chi connectivity index (χ3v) is 11.9. The van der Waals surface area contributed by atoms with Gasteiger partial charge in [0.15, 0.2) is 0 Å². The Balaban J connectivity index is 0.00000123. The van der Waals surface area contributed by atoms with Crippen LogP contribution in [0.3, 0.4) is 0 Å². The minimum Gasteiger partial charge on any atom is -0.490 e. The average molecular weight is 643 g/mol. The van der Waals surface area contributed by atoms with E-state index in [0.717, 1.165) is 68.1 Å². The Morgan fingerprint density at radius 1 is 1.20 bits per heavy atom. The number of nitrogens with one attached hydrogen (secondary N) is 1. The van der Waals surface area contributed by atoms with E-state index in [-0.39, 0.29) is 35.2 Å². The molecule has 1 amide bonds. The molecule has 240 valence electrons. The summed E-state index contributed by atoms with van der Waals surface area (Å²) in [6, 6.07) is 12.0. The fourth-order valence-corrected chi connectivity index (χ4v) is 8.48. The Morgan fingerprint density at radius 2 is 2.00 bits per heavy atom. The number of ether oxygens (including phenoxy) is 2. The highest BCUT2D eigenvalue weighted by molar-refractivity contribution is 7.84. The molecule has 1 saturated carbocycles. The lowest BCUT2D eigenvalue weighted by molar-refractivity contribution is 0.0131. The standard InChI is InChI=1S/C33H41ClN2O4S.C2H6O/c1-21-6-4-8-30(39-3)27-12-9-25(27)18-36-19-33(15-5-7-23-16-26(34)11-13-28(23)33)20-40-31-14-10-24(17-29(31)36)32(37)35-41(38)22(21)2;1-2-3/h4,8,10-11,13-14,16-17,21-22,25,27,30H,5-7,9,12,15,18-20H2,1-3H3,(H,35,37);3H,2H2,1H3/b8-4+;/t21?,22?,25?,27?,30?,33-,41?;/m0./s1. The van der Waals surface area contributed by atoms with Crippen LogP contribution in [-0.4, -0.2) is 60.0 Å². The fourth-order valence-electron chi connectivity index (χ4n) is 7.26. The van der Waals surface area contributed by atoms with Crippen molar-refractivity contribution in [3.8, 4) is 5.75 Å². The number of benzene rings is 2. The smallest absolute Gasteiger partial charge is 0.263 e. The highest BCUT2D eigenvalue weighted by atomic mass is 35.5. The molecule has 1 spiro atoms. The third-order valence-electron chi connectivity index (χ3n) is 10.1. The van der Waals surface area contributed by atoms with E-state index in [1.165, 1.54) is 11.1 Å². The van der Waals surface area contributed by atoms with Crippen molar-refractivity contribution in [2.24, 2.45) is 17.8 Å². The molecule has 9 heteroatoms. The molecule has 7 nitrogen and oxygen atoms in total. The number of amides is 1. The van der Waals surface area contributed by atoms with Crippen molar-refractivity contribution in [3.63, 3.8) is 0 Å². The van der Waals surface area contributed by atoms with Gasteiger partial charge >= 0.3 is 0 Å². The third kappa shape index (κ3) is 6.88. The maximum Gasteiger partial charge on any atom is 0.263 e. The second kappa shape index (κ2) is 14.4. The number of allylic oxidation sites excluding steroid dienone is 1. The highest BCUT2D eigenvalue weighted by Gasteiger charge is 2.44. The van der Waals surface area contributed by atoms with Gasteiger partial charge in [0, 0.05) is 42.8 Å². The van der Waals surface area contributed by atoms with Gasteiger partial charge in [-0.2, -0.15) is 0 Å². The predicted octanol–water partition coefficient (Wildman–Crippen LogP) is 6.23. The first-order valence-corrected chi connectivity index (χ1v) is 17.6. The van der Waals surface area contributed by atoms with Gasteiger partial charge in [-0.05, 0) is 112 Å². The Morgan fingerprint density at radius 3 is 2.73 bits per heavy atom. The second-order valence-electron chi connectivity index (χ2n) is 12.9. The van der Waals surface area contributed by atoms with Crippen molar-refractivity contribution in [2.75, 3.05) is 38.3 Å². The molecule has 2 aliphatic heterocycles. The van der Waals surface area contributed by atoms with Gasteiger partial charge in [-0.1, -0.05) is 36.7 Å². The molecule has 2 N–H and O–H groups in total. The summed E-state index contributed by atoms with van der Waals surface area (Å²) < 4.78 is 28.5. The van der Waals surface area contributed by atoms with E-state index in [9.17, 15) is 9.00 Å². The number of hydrogen-bond acceptors (Lipinski definition) is 6. The van der Waals surface area contributed by atoms with E-state index in [4.69, 9.17) is 26.2 Å². The lowest BCUT2D eigenvalue weighted by Gasteiger charge is -2.46. The molecule has 6 unspecified atom stereocenters. The van der Waals surface area contributed by atoms with Crippen molar-refractivity contribution < 1.29 is 23.6 Å². The number of aliphatic hydroxyl groups excluding tert-OH is 1. The Bertz CT molecular complexity index is 1380. The van der Waals surface area contributed by atoms with E-state index in [1.807, 2.05) is 25.1 Å². The summed E-state index contributed by atoms with van der Waals surface area (Å²) in [7, 11) is 0.305. The zero-order valence-electron chi connectivity index (χ0n) is 26.4. The lowest BCUT2D eigenvalue weighted by atomic mass is 9.68. The largest absolute Gasteiger partial charge is 0.490 e. The number of fused-ring (bicyclic) bond motifs is 4. The van der Waals surface area contributed by atoms with Crippen LogP contribution in [0.1, 0.15) is 74.4 Å². The summed E-state index contributed by atoms with van der Waals surface area (Å²) in [6.45, 7) is 8.20. The zero-order chi connectivity index (χ0) is 31.4. The van der Waals surface area contributed by atoms with Crippen LogP contribution < -0.4 is 14.4 Å². The minimum absolute atomic E-state index is 0.0508. The quantitative estimate of drug-likeness (QED) is 0.359. The molecular formula is C35H47ClN2O5S. The van der Waals surface area contributed by atoms with Gasteiger partial charge < -0.3 is 19.5 Å². The van der Waals surface area contributed by atoms with Gasteiger partial charge in [-0.25, -0.2) is 4.21 Å². The van der Waals surface area contributed by atoms with Crippen LogP contribution in [0.5, 0.6) is 5.75 Å². The molecule has 44 heavy (non-hydrogen) atoms. The highest BCUT2D eigenvalue weighted by Crippen LogP contribution is 2.47. The van der Waals surface area contributed by atoms with Crippen LogP contribution in [0.2, 0.25) is 5.02 Å². The SMILES string of the molecule is CCO.COC1/C=C/CC(C)C(C)S(=O)NC(=O)c2ccc3c(c2)N(CC2CCC21)C[C@@]1(CCCc2cc(Cl)ccc21)CO3. The maximum absolute atomic E-state index is 13.3. The fraction of sp³-hybridized carbons (Fsp3) is 0.571. The van der Waals surface area contributed by atoms with Crippen molar-refractivity contribution in [1.29, 1.82) is 0 Å². The predicted molar refractivity (Wildman–Crippen MR) is 178 cm³/mol. The number of anilines is 1. The van der Waals surface area contributed by atoms with E-state index in [1.54, 1.807) is 20.1 Å². The van der Waals surface area contributed by atoms with Gasteiger partial charge in [-0.3, -0.25) is 9.52 Å². The van der Waals surface area contributed by atoms with Gasteiger partial charge in [0.1, 0.15) is 16.7 Å². The topological polar surface area (TPSA) is 88.1 Å². The summed E-state index contributed by atoms with van der Waals surface area (Å²) in [5.74, 6) is 1.53. The number of methoxy groups -OCH3 is 1. The molecule has 0 aromatic heterocycles. The molecule has 2 bridgehead atoms. The molecule has 0 saturated heterocycles. The van der Waals surface area contributed by atoms with Gasteiger partial charge in [0.2, 0.25) is 0 Å². The second-order valence-corrected chi connectivity index (χ2v) is 14.9. The van der Waals surface area contributed by atoms with Crippen LogP contribution in [0.4, 0.5) is 5.69 Å². The summed E-state index contributed by atoms with van der Waals surface area (Å²) >= 11 is 6.41. The van der Waals surface area contributed by atoms with Gasteiger partial charge in [-0.15, -0.1) is 0 Å². The molecule has 7 atom stereocenters. The maximum atomic E-state index is 13.3. The summed E-state index contributed by atoms with van der Waals surface area (Å²) in [6.07, 6.45) is 10.6. The van der Waals surface area contributed by atoms with Gasteiger partial charge in [0.05, 0.1) is 23.6 Å². The van der Waals surface area contributed by atoms with Crippen LogP contribution in [0.15, 0.2) is 48.6 Å². The van der Waals surface area contributed by atoms with Crippen LogP contribution in [0, 0.1) is 17.8 Å².